The third-order valence-corrected chi connectivity index (χ3v) is 4.74. The van der Waals surface area contributed by atoms with Gasteiger partial charge >= 0.3 is 0 Å². The second-order valence-corrected chi connectivity index (χ2v) is 6.26. The first-order chi connectivity index (χ1) is 10.2. The molecule has 0 fully saturated rings. The van der Waals surface area contributed by atoms with Gasteiger partial charge in [-0.25, -0.2) is 0 Å². The van der Waals surface area contributed by atoms with Crippen LogP contribution in [-0.4, -0.2) is 5.75 Å². The molecule has 1 aromatic heterocycles. The number of furan rings is 1. The number of benzene rings is 2. The fourth-order valence-corrected chi connectivity index (χ4v) is 3.42. The number of hydrogen-bond donors (Lipinski definition) is 1. The maximum Gasteiger partial charge on any atom is 0.134 e. The normalized spacial score (nSPS) is 12.7. The first-order valence-corrected chi connectivity index (χ1v) is 8.26. The van der Waals surface area contributed by atoms with Crippen molar-refractivity contribution in [2.24, 2.45) is 5.73 Å². The predicted octanol–water partition coefficient (Wildman–Crippen LogP) is 4.67. The Kier molecular flexibility index (Phi) is 4.32. The summed E-state index contributed by atoms with van der Waals surface area (Å²) in [7, 11) is 0. The van der Waals surface area contributed by atoms with Crippen molar-refractivity contribution in [2.75, 3.05) is 5.75 Å². The number of nitrogens with two attached hydrogens (primary N) is 1. The quantitative estimate of drug-likeness (QED) is 0.743. The summed E-state index contributed by atoms with van der Waals surface area (Å²) in [6.07, 6.45) is 0. The molecule has 0 amide bonds. The van der Waals surface area contributed by atoms with Crippen molar-refractivity contribution in [2.45, 2.75) is 18.7 Å². The van der Waals surface area contributed by atoms with Crippen LogP contribution in [0.5, 0.6) is 0 Å². The van der Waals surface area contributed by atoms with Crippen molar-refractivity contribution in [1.29, 1.82) is 0 Å². The molecule has 0 saturated heterocycles. The van der Waals surface area contributed by atoms with Crippen LogP contribution in [0.25, 0.3) is 11.0 Å². The van der Waals surface area contributed by atoms with Gasteiger partial charge in [-0.05, 0) is 30.2 Å². The molecule has 1 unspecified atom stereocenters. The molecule has 0 saturated carbocycles. The molecule has 1 heterocycles. The van der Waals surface area contributed by atoms with E-state index in [0.29, 0.717) is 0 Å². The molecule has 0 bridgehead atoms. The predicted molar refractivity (Wildman–Crippen MR) is 90.5 cm³/mol. The van der Waals surface area contributed by atoms with Gasteiger partial charge < -0.3 is 10.2 Å². The minimum atomic E-state index is -0.0635. The van der Waals surface area contributed by atoms with Crippen LogP contribution in [0.4, 0.5) is 0 Å². The van der Waals surface area contributed by atoms with Gasteiger partial charge in [-0.3, -0.25) is 0 Å². The van der Waals surface area contributed by atoms with Crippen LogP contribution in [0.15, 0.2) is 59.0 Å². The van der Waals surface area contributed by atoms with Crippen molar-refractivity contribution >= 4 is 22.7 Å². The number of para-hydroxylation sites is 1. The van der Waals surface area contributed by atoms with Crippen LogP contribution < -0.4 is 5.73 Å². The average molecular weight is 297 g/mol. The molecule has 0 aliphatic rings. The van der Waals surface area contributed by atoms with Crippen molar-refractivity contribution in [1.82, 2.24) is 0 Å². The van der Waals surface area contributed by atoms with E-state index in [4.69, 9.17) is 10.2 Å². The Balaban J connectivity index is 1.61. The van der Waals surface area contributed by atoms with Gasteiger partial charge in [0.1, 0.15) is 11.3 Å². The van der Waals surface area contributed by atoms with E-state index in [0.717, 1.165) is 28.2 Å². The van der Waals surface area contributed by atoms with E-state index in [9.17, 15) is 0 Å². The van der Waals surface area contributed by atoms with E-state index in [1.807, 2.05) is 36.0 Å². The van der Waals surface area contributed by atoms with E-state index in [-0.39, 0.29) is 6.04 Å². The standard InChI is InChI=1S/C18H19NOS/c1-13-6-2-3-8-15(13)11-21-12-16(19)18-10-14-7-4-5-9-17(14)20-18/h2-10,16H,11-12,19H2,1H3. The van der Waals surface area contributed by atoms with Crippen molar-refractivity contribution in [3.05, 3.63) is 71.5 Å². The minimum Gasteiger partial charge on any atom is -0.459 e. The van der Waals surface area contributed by atoms with Crippen LogP contribution in [0.1, 0.15) is 22.9 Å². The van der Waals surface area contributed by atoms with Gasteiger partial charge in [-0.15, -0.1) is 0 Å². The van der Waals surface area contributed by atoms with E-state index >= 15 is 0 Å². The summed E-state index contributed by atoms with van der Waals surface area (Å²) in [5.74, 6) is 2.71. The fourth-order valence-electron chi connectivity index (χ4n) is 2.34. The zero-order valence-corrected chi connectivity index (χ0v) is 12.9. The van der Waals surface area contributed by atoms with E-state index < -0.39 is 0 Å². The third kappa shape index (κ3) is 3.31. The third-order valence-electron chi connectivity index (χ3n) is 3.63. The summed E-state index contributed by atoms with van der Waals surface area (Å²) >= 11 is 1.85. The Morgan fingerprint density at radius 2 is 1.86 bits per heavy atom. The lowest BCUT2D eigenvalue weighted by molar-refractivity contribution is 0.516. The zero-order valence-electron chi connectivity index (χ0n) is 12.1. The summed E-state index contributed by atoms with van der Waals surface area (Å²) < 4.78 is 5.82. The summed E-state index contributed by atoms with van der Waals surface area (Å²) in [6.45, 7) is 2.15. The summed E-state index contributed by atoms with van der Waals surface area (Å²) in [6, 6.07) is 18.5. The van der Waals surface area contributed by atoms with Crippen LogP contribution >= 0.6 is 11.8 Å². The summed E-state index contributed by atoms with van der Waals surface area (Å²) in [4.78, 5) is 0. The van der Waals surface area contributed by atoms with E-state index in [1.54, 1.807) is 0 Å². The number of thioether (sulfide) groups is 1. The highest BCUT2D eigenvalue weighted by Gasteiger charge is 2.12. The Bertz CT molecular complexity index is 702. The molecule has 0 aliphatic heterocycles. The van der Waals surface area contributed by atoms with Crippen molar-refractivity contribution < 1.29 is 4.42 Å². The number of rotatable bonds is 5. The van der Waals surface area contributed by atoms with Gasteiger partial charge in [0.25, 0.3) is 0 Å². The zero-order chi connectivity index (χ0) is 14.7. The van der Waals surface area contributed by atoms with Crippen LogP contribution in [0, 0.1) is 6.92 Å². The Morgan fingerprint density at radius 1 is 1.10 bits per heavy atom. The van der Waals surface area contributed by atoms with Crippen LogP contribution in [0.3, 0.4) is 0 Å². The Hall–Kier alpha value is -1.71. The molecule has 0 spiro atoms. The van der Waals surface area contributed by atoms with Gasteiger partial charge in [0.15, 0.2) is 0 Å². The highest BCUT2D eigenvalue weighted by atomic mass is 32.2. The molecule has 0 radical (unpaired) electrons. The molecular formula is C18H19NOS. The van der Waals surface area contributed by atoms with Gasteiger partial charge in [0.05, 0.1) is 6.04 Å². The highest BCUT2D eigenvalue weighted by Crippen LogP contribution is 2.26. The van der Waals surface area contributed by atoms with Gasteiger partial charge in [-0.1, -0.05) is 42.5 Å². The fraction of sp³-hybridized carbons (Fsp3) is 0.222. The largest absolute Gasteiger partial charge is 0.459 e. The second kappa shape index (κ2) is 6.37. The van der Waals surface area contributed by atoms with E-state index in [1.165, 1.54) is 11.1 Å². The molecule has 21 heavy (non-hydrogen) atoms. The first kappa shape index (κ1) is 14.2. The number of hydrogen-bond acceptors (Lipinski definition) is 3. The van der Waals surface area contributed by atoms with Crippen molar-refractivity contribution in [3.8, 4) is 0 Å². The lowest BCUT2D eigenvalue weighted by atomic mass is 10.1. The molecule has 2 N–H and O–H groups in total. The number of aryl methyl sites for hydroxylation is 1. The molecule has 3 aromatic rings. The second-order valence-electron chi connectivity index (χ2n) is 5.23. The van der Waals surface area contributed by atoms with Gasteiger partial charge in [0, 0.05) is 16.9 Å². The van der Waals surface area contributed by atoms with Crippen LogP contribution in [-0.2, 0) is 5.75 Å². The van der Waals surface area contributed by atoms with Gasteiger partial charge in [-0.2, -0.15) is 11.8 Å². The average Bonchev–Trinajstić information content (AvgIpc) is 2.93. The topological polar surface area (TPSA) is 39.2 Å². The highest BCUT2D eigenvalue weighted by molar-refractivity contribution is 7.98. The Morgan fingerprint density at radius 3 is 2.67 bits per heavy atom. The first-order valence-electron chi connectivity index (χ1n) is 7.10. The maximum atomic E-state index is 6.25. The maximum absolute atomic E-state index is 6.25. The lowest BCUT2D eigenvalue weighted by Gasteiger charge is -2.09. The van der Waals surface area contributed by atoms with Gasteiger partial charge in [0.2, 0.25) is 0 Å². The molecular weight excluding hydrogens is 278 g/mol. The molecule has 108 valence electrons. The monoisotopic (exact) mass is 297 g/mol. The Labute approximate surface area is 129 Å². The van der Waals surface area contributed by atoms with Crippen molar-refractivity contribution in [3.63, 3.8) is 0 Å². The number of fused-ring (bicyclic) bond motifs is 1. The molecule has 3 rings (SSSR count). The van der Waals surface area contributed by atoms with Crippen LogP contribution in [0.2, 0.25) is 0 Å². The smallest absolute Gasteiger partial charge is 0.134 e. The summed E-state index contributed by atoms with van der Waals surface area (Å²) in [5.41, 5.74) is 9.87. The summed E-state index contributed by atoms with van der Waals surface area (Å²) in [5, 5.41) is 1.12. The molecule has 0 aliphatic carbocycles. The minimum absolute atomic E-state index is 0.0635. The molecule has 2 aromatic carbocycles. The SMILES string of the molecule is Cc1ccccc1CSCC(N)c1cc2ccccc2o1. The lowest BCUT2D eigenvalue weighted by Crippen LogP contribution is -2.12. The van der Waals surface area contributed by atoms with E-state index in [2.05, 4.69) is 37.3 Å². The molecule has 1 atom stereocenters. The molecule has 3 heteroatoms. The molecule has 2 nitrogen and oxygen atoms in total.